The molecule has 1 unspecified atom stereocenters. The van der Waals surface area contributed by atoms with E-state index < -0.39 is 10.2 Å². The van der Waals surface area contributed by atoms with Gasteiger partial charge in [-0.1, -0.05) is 6.42 Å². The van der Waals surface area contributed by atoms with Crippen LogP contribution in [0.15, 0.2) is 0 Å². The maximum absolute atomic E-state index is 12.8. The van der Waals surface area contributed by atoms with E-state index in [-0.39, 0.29) is 6.04 Å². The van der Waals surface area contributed by atoms with Crippen LogP contribution in [0.2, 0.25) is 0 Å². The maximum atomic E-state index is 12.8. The van der Waals surface area contributed by atoms with Gasteiger partial charge in [0.25, 0.3) is 10.2 Å². The second-order valence-corrected chi connectivity index (χ2v) is 8.53. The average Bonchev–Trinajstić information content (AvgIpc) is 3.32. The van der Waals surface area contributed by atoms with E-state index in [0.717, 1.165) is 44.8 Å². The largest absolute Gasteiger partial charge is 0.329 e. The van der Waals surface area contributed by atoms with E-state index in [1.807, 2.05) is 0 Å². The Bertz CT molecular complexity index is 444. The first-order valence-electron chi connectivity index (χ1n) is 8.30. The summed E-state index contributed by atoms with van der Waals surface area (Å²) in [6.45, 7) is 5.22. The summed E-state index contributed by atoms with van der Waals surface area (Å²) in [5.41, 5.74) is 5.77. The van der Waals surface area contributed by atoms with Crippen molar-refractivity contribution in [3.05, 3.63) is 0 Å². The third-order valence-electron chi connectivity index (χ3n) is 5.01. The summed E-state index contributed by atoms with van der Waals surface area (Å²) >= 11 is 0. The average molecular weight is 316 g/mol. The van der Waals surface area contributed by atoms with Crippen molar-refractivity contribution in [1.29, 1.82) is 0 Å². The third kappa shape index (κ3) is 3.59. The fraction of sp³-hybridized carbons (Fsp3) is 1.00. The normalized spacial score (nSPS) is 30.6. The zero-order valence-corrected chi connectivity index (χ0v) is 13.6. The molecule has 1 saturated carbocycles. The lowest BCUT2D eigenvalue weighted by Crippen LogP contribution is -2.57. The summed E-state index contributed by atoms with van der Waals surface area (Å²) in [5, 5.41) is 0. The van der Waals surface area contributed by atoms with E-state index in [9.17, 15) is 8.42 Å². The lowest BCUT2D eigenvalue weighted by atomic mass is 10.1. The first kappa shape index (κ1) is 15.7. The second kappa shape index (κ2) is 6.50. The van der Waals surface area contributed by atoms with Crippen LogP contribution in [0.25, 0.3) is 0 Å². The Morgan fingerprint density at radius 3 is 2.29 bits per heavy atom. The molecule has 3 rings (SSSR count). The molecule has 7 heteroatoms. The van der Waals surface area contributed by atoms with Gasteiger partial charge in [0, 0.05) is 51.9 Å². The van der Waals surface area contributed by atoms with Crippen LogP contribution in [0.4, 0.5) is 0 Å². The lowest BCUT2D eigenvalue weighted by Gasteiger charge is -2.40. The lowest BCUT2D eigenvalue weighted by molar-refractivity contribution is 0.166. The molecule has 1 aliphatic carbocycles. The molecule has 0 bridgehead atoms. The molecule has 2 aliphatic heterocycles. The number of hydrogen-bond donors (Lipinski definition) is 1. The molecule has 0 aromatic carbocycles. The summed E-state index contributed by atoms with van der Waals surface area (Å²) in [6.07, 6.45) is 5.65. The van der Waals surface area contributed by atoms with Crippen molar-refractivity contribution < 1.29 is 8.42 Å². The minimum Gasteiger partial charge on any atom is -0.329 e. The molecular weight excluding hydrogens is 288 g/mol. The van der Waals surface area contributed by atoms with Gasteiger partial charge in [0.15, 0.2) is 0 Å². The van der Waals surface area contributed by atoms with Crippen molar-refractivity contribution in [2.24, 2.45) is 11.7 Å². The van der Waals surface area contributed by atoms with Crippen LogP contribution in [0.5, 0.6) is 0 Å². The van der Waals surface area contributed by atoms with Crippen LogP contribution in [0.3, 0.4) is 0 Å². The first-order valence-corrected chi connectivity index (χ1v) is 9.70. The SMILES string of the molecule is NCC1CCCCN1S(=O)(=O)N1CCN(CC2CC2)CC1. The monoisotopic (exact) mass is 316 g/mol. The van der Waals surface area contributed by atoms with Crippen LogP contribution >= 0.6 is 0 Å². The molecule has 0 amide bonds. The van der Waals surface area contributed by atoms with Crippen LogP contribution in [0.1, 0.15) is 32.1 Å². The summed E-state index contributed by atoms with van der Waals surface area (Å²) in [7, 11) is -3.32. The molecule has 3 aliphatic rings. The Morgan fingerprint density at radius 2 is 1.67 bits per heavy atom. The quantitative estimate of drug-likeness (QED) is 0.779. The van der Waals surface area contributed by atoms with Gasteiger partial charge >= 0.3 is 0 Å². The molecule has 6 nitrogen and oxygen atoms in total. The molecule has 2 N–H and O–H groups in total. The van der Waals surface area contributed by atoms with E-state index in [4.69, 9.17) is 5.73 Å². The molecule has 2 heterocycles. The summed E-state index contributed by atoms with van der Waals surface area (Å²) in [5.74, 6) is 0.872. The fourth-order valence-corrected chi connectivity index (χ4v) is 5.32. The minimum absolute atomic E-state index is 0.00626. The number of hydrogen-bond acceptors (Lipinski definition) is 4. The number of piperidine rings is 1. The Hall–Kier alpha value is -0.210. The van der Waals surface area contributed by atoms with Crippen molar-refractivity contribution in [2.75, 3.05) is 45.8 Å². The molecule has 2 saturated heterocycles. The van der Waals surface area contributed by atoms with Gasteiger partial charge in [-0.05, 0) is 31.6 Å². The smallest absolute Gasteiger partial charge is 0.282 e. The zero-order valence-electron chi connectivity index (χ0n) is 12.8. The zero-order chi connectivity index (χ0) is 14.9. The second-order valence-electron chi connectivity index (χ2n) is 6.65. The molecule has 122 valence electrons. The Kier molecular flexibility index (Phi) is 4.85. The third-order valence-corrected chi connectivity index (χ3v) is 7.10. The van der Waals surface area contributed by atoms with E-state index in [1.165, 1.54) is 12.8 Å². The van der Waals surface area contributed by atoms with Crippen molar-refractivity contribution in [3.8, 4) is 0 Å². The van der Waals surface area contributed by atoms with E-state index in [2.05, 4.69) is 4.90 Å². The highest BCUT2D eigenvalue weighted by molar-refractivity contribution is 7.86. The van der Waals surface area contributed by atoms with Crippen LogP contribution in [0, 0.1) is 5.92 Å². The number of nitrogens with zero attached hydrogens (tertiary/aromatic N) is 3. The fourth-order valence-electron chi connectivity index (χ4n) is 3.47. The van der Waals surface area contributed by atoms with Gasteiger partial charge in [-0.25, -0.2) is 0 Å². The van der Waals surface area contributed by atoms with Crippen molar-refractivity contribution in [3.63, 3.8) is 0 Å². The van der Waals surface area contributed by atoms with Crippen molar-refractivity contribution in [1.82, 2.24) is 13.5 Å². The standard InChI is InChI=1S/C14H28N4O2S/c15-11-14-3-1-2-6-18(14)21(19,20)17-9-7-16(8-10-17)12-13-4-5-13/h13-14H,1-12,15H2. The highest BCUT2D eigenvalue weighted by atomic mass is 32.2. The topological polar surface area (TPSA) is 69.9 Å². The Labute approximate surface area is 128 Å². The van der Waals surface area contributed by atoms with E-state index in [0.29, 0.717) is 26.2 Å². The molecule has 21 heavy (non-hydrogen) atoms. The molecule has 0 aromatic rings. The summed E-state index contributed by atoms with van der Waals surface area (Å²) in [6, 6.07) is -0.00626. The predicted octanol–water partition coefficient (Wildman–Crippen LogP) is 0.0720. The van der Waals surface area contributed by atoms with E-state index in [1.54, 1.807) is 8.61 Å². The summed E-state index contributed by atoms with van der Waals surface area (Å²) in [4.78, 5) is 2.42. The highest BCUT2D eigenvalue weighted by Gasteiger charge is 2.37. The molecule has 3 fully saturated rings. The summed E-state index contributed by atoms with van der Waals surface area (Å²) < 4.78 is 29.0. The van der Waals surface area contributed by atoms with Gasteiger partial charge in [0.05, 0.1) is 0 Å². The van der Waals surface area contributed by atoms with E-state index >= 15 is 0 Å². The van der Waals surface area contributed by atoms with Crippen molar-refractivity contribution >= 4 is 10.2 Å². The van der Waals surface area contributed by atoms with Gasteiger partial charge in [0.2, 0.25) is 0 Å². The first-order chi connectivity index (χ1) is 10.1. The maximum Gasteiger partial charge on any atom is 0.282 e. The number of piperazine rings is 1. The molecule has 0 radical (unpaired) electrons. The molecule has 0 aromatic heterocycles. The number of nitrogens with two attached hydrogens (primary N) is 1. The molecule has 1 atom stereocenters. The van der Waals surface area contributed by atoms with Gasteiger partial charge in [-0.15, -0.1) is 0 Å². The van der Waals surface area contributed by atoms with Crippen molar-refractivity contribution in [2.45, 2.75) is 38.1 Å². The molecular formula is C14H28N4O2S. The predicted molar refractivity (Wildman–Crippen MR) is 83.1 cm³/mol. The van der Waals surface area contributed by atoms with Crippen LogP contribution in [-0.2, 0) is 10.2 Å². The van der Waals surface area contributed by atoms with Crippen LogP contribution < -0.4 is 5.73 Å². The van der Waals surface area contributed by atoms with Gasteiger partial charge in [0.1, 0.15) is 0 Å². The van der Waals surface area contributed by atoms with Gasteiger partial charge in [-0.2, -0.15) is 17.0 Å². The Balaban J connectivity index is 1.59. The van der Waals surface area contributed by atoms with Crippen LogP contribution in [-0.4, -0.2) is 73.8 Å². The molecule has 0 spiro atoms. The number of rotatable bonds is 5. The minimum atomic E-state index is -3.32. The Morgan fingerprint density at radius 1 is 0.952 bits per heavy atom. The highest BCUT2D eigenvalue weighted by Crippen LogP contribution is 2.30. The van der Waals surface area contributed by atoms with Gasteiger partial charge in [-0.3, -0.25) is 0 Å². The van der Waals surface area contributed by atoms with Gasteiger partial charge < -0.3 is 10.6 Å².